The second-order valence-corrected chi connectivity index (χ2v) is 6.65. The number of aryl methyl sites for hydroxylation is 2. The van der Waals surface area contributed by atoms with E-state index in [1.165, 1.54) is 0 Å². The first kappa shape index (κ1) is 16.6. The maximum atomic E-state index is 4.79. The highest BCUT2D eigenvalue weighted by atomic mass is 15.2. The average molecular weight is 349 g/mol. The molecule has 7 heteroatoms. The van der Waals surface area contributed by atoms with Gasteiger partial charge >= 0.3 is 0 Å². The number of hydrogen-bond donors (Lipinski definition) is 1. The zero-order chi connectivity index (χ0) is 17.9. The lowest BCUT2D eigenvalue weighted by Gasteiger charge is -2.32. The van der Waals surface area contributed by atoms with E-state index in [0.717, 1.165) is 61.2 Å². The molecule has 26 heavy (non-hydrogen) atoms. The van der Waals surface area contributed by atoms with Crippen molar-refractivity contribution in [3.05, 3.63) is 47.8 Å². The molecular formula is C19H23N7. The van der Waals surface area contributed by atoms with Crippen LogP contribution in [0.5, 0.6) is 0 Å². The molecule has 1 fully saturated rings. The van der Waals surface area contributed by atoms with Crippen LogP contribution in [0.15, 0.2) is 30.5 Å². The third-order valence-electron chi connectivity index (χ3n) is 4.82. The largest absolute Gasteiger partial charge is 0.356 e. The maximum Gasteiger partial charge on any atom is 0.180 e. The van der Waals surface area contributed by atoms with Gasteiger partial charge in [-0.1, -0.05) is 13.0 Å². The molecule has 0 saturated carbocycles. The summed E-state index contributed by atoms with van der Waals surface area (Å²) in [4.78, 5) is 20.7. The second kappa shape index (κ2) is 7.19. The van der Waals surface area contributed by atoms with Crippen LogP contribution in [0.3, 0.4) is 0 Å². The Bertz CT molecular complexity index is 867. The lowest BCUT2D eigenvalue weighted by molar-refractivity contribution is 0.484. The van der Waals surface area contributed by atoms with Crippen molar-refractivity contribution in [1.29, 1.82) is 0 Å². The van der Waals surface area contributed by atoms with E-state index < -0.39 is 0 Å². The Morgan fingerprint density at radius 2 is 2.00 bits per heavy atom. The fourth-order valence-corrected chi connectivity index (χ4v) is 3.35. The van der Waals surface area contributed by atoms with E-state index in [2.05, 4.69) is 43.0 Å². The monoisotopic (exact) mass is 349 g/mol. The number of rotatable bonds is 4. The van der Waals surface area contributed by atoms with Crippen molar-refractivity contribution in [2.24, 2.45) is 0 Å². The molecule has 1 aliphatic heterocycles. The minimum absolute atomic E-state index is 0.416. The van der Waals surface area contributed by atoms with Crippen LogP contribution in [0.25, 0.3) is 11.5 Å². The number of H-pyrrole nitrogens is 1. The number of pyridine rings is 1. The summed E-state index contributed by atoms with van der Waals surface area (Å²) in [5, 5.41) is 7.28. The van der Waals surface area contributed by atoms with E-state index in [4.69, 9.17) is 4.98 Å². The van der Waals surface area contributed by atoms with Crippen molar-refractivity contribution in [2.75, 3.05) is 18.0 Å². The predicted molar refractivity (Wildman–Crippen MR) is 99.9 cm³/mol. The zero-order valence-electron chi connectivity index (χ0n) is 15.2. The minimum Gasteiger partial charge on any atom is -0.356 e. The van der Waals surface area contributed by atoms with Gasteiger partial charge in [0.2, 0.25) is 0 Å². The third-order valence-corrected chi connectivity index (χ3v) is 4.82. The molecule has 0 radical (unpaired) electrons. The standard InChI is InChI=1S/C19H23N7/c1-3-15-12-17(23-19(22-15)16-6-4-5-9-20-16)26-10-7-14(8-11-26)18-21-13(2)24-25-18/h4-6,9,12,14H,3,7-8,10-11H2,1-2H3,(H,21,24,25). The molecular weight excluding hydrogens is 326 g/mol. The number of piperidine rings is 1. The highest BCUT2D eigenvalue weighted by molar-refractivity contribution is 5.54. The van der Waals surface area contributed by atoms with Crippen LogP contribution >= 0.6 is 0 Å². The first-order chi connectivity index (χ1) is 12.7. The Morgan fingerprint density at radius 1 is 1.15 bits per heavy atom. The van der Waals surface area contributed by atoms with Crippen LogP contribution in [0.2, 0.25) is 0 Å². The summed E-state index contributed by atoms with van der Waals surface area (Å²) in [6, 6.07) is 7.93. The van der Waals surface area contributed by atoms with Gasteiger partial charge in [0.25, 0.3) is 0 Å². The van der Waals surface area contributed by atoms with Gasteiger partial charge < -0.3 is 4.90 Å². The van der Waals surface area contributed by atoms with E-state index in [0.29, 0.717) is 11.7 Å². The molecule has 0 aliphatic carbocycles. The average Bonchev–Trinajstić information content (AvgIpc) is 3.15. The number of anilines is 1. The van der Waals surface area contributed by atoms with Crippen LogP contribution < -0.4 is 4.90 Å². The Hall–Kier alpha value is -2.83. The number of nitrogens with one attached hydrogen (secondary N) is 1. The molecule has 1 saturated heterocycles. The van der Waals surface area contributed by atoms with Gasteiger partial charge in [-0.2, -0.15) is 5.10 Å². The fraction of sp³-hybridized carbons (Fsp3) is 0.421. The molecule has 4 rings (SSSR count). The summed E-state index contributed by atoms with van der Waals surface area (Å²) in [5.41, 5.74) is 1.86. The molecule has 0 spiro atoms. The molecule has 1 N–H and O–H groups in total. The molecule has 0 amide bonds. The summed E-state index contributed by atoms with van der Waals surface area (Å²) >= 11 is 0. The number of hydrogen-bond acceptors (Lipinski definition) is 6. The fourth-order valence-electron chi connectivity index (χ4n) is 3.35. The van der Waals surface area contributed by atoms with Gasteiger partial charge in [0.15, 0.2) is 11.6 Å². The van der Waals surface area contributed by atoms with E-state index in [9.17, 15) is 0 Å². The highest BCUT2D eigenvalue weighted by Gasteiger charge is 2.25. The van der Waals surface area contributed by atoms with E-state index in [1.54, 1.807) is 6.20 Å². The molecule has 4 heterocycles. The highest BCUT2D eigenvalue weighted by Crippen LogP contribution is 2.29. The van der Waals surface area contributed by atoms with Gasteiger partial charge in [0.05, 0.1) is 0 Å². The topological polar surface area (TPSA) is 83.5 Å². The Balaban J connectivity index is 1.54. The van der Waals surface area contributed by atoms with Crippen LogP contribution in [-0.4, -0.2) is 43.2 Å². The molecule has 3 aromatic heterocycles. The number of aromatic nitrogens is 6. The molecule has 3 aromatic rings. The molecule has 7 nitrogen and oxygen atoms in total. The predicted octanol–water partition coefficient (Wildman–Crippen LogP) is 2.91. The van der Waals surface area contributed by atoms with E-state index in [-0.39, 0.29) is 0 Å². The van der Waals surface area contributed by atoms with Crippen molar-refractivity contribution in [1.82, 2.24) is 30.1 Å². The quantitative estimate of drug-likeness (QED) is 0.780. The van der Waals surface area contributed by atoms with Gasteiger partial charge in [0, 0.05) is 37.0 Å². The molecule has 0 unspecified atom stereocenters. The summed E-state index contributed by atoms with van der Waals surface area (Å²) in [6.45, 7) is 5.95. The molecule has 0 aromatic carbocycles. The van der Waals surface area contributed by atoms with Gasteiger partial charge in [-0.05, 0) is 38.3 Å². The van der Waals surface area contributed by atoms with Crippen LogP contribution in [0.4, 0.5) is 5.82 Å². The van der Waals surface area contributed by atoms with E-state index in [1.807, 2.05) is 25.1 Å². The number of aromatic amines is 1. The van der Waals surface area contributed by atoms with Crippen LogP contribution in [-0.2, 0) is 6.42 Å². The summed E-state index contributed by atoms with van der Waals surface area (Å²) in [6.07, 6.45) is 4.72. The minimum atomic E-state index is 0.416. The molecule has 0 bridgehead atoms. The van der Waals surface area contributed by atoms with Crippen molar-refractivity contribution in [2.45, 2.75) is 39.0 Å². The van der Waals surface area contributed by atoms with Crippen molar-refractivity contribution < 1.29 is 0 Å². The van der Waals surface area contributed by atoms with E-state index >= 15 is 0 Å². The van der Waals surface area contributed by atoms with Crippen LogP contribution in [0.1, 0.15) is 43.0 Å². The van der Waals surface area contributed by atoms with Gasteiger partial charge in [0.1, 0.15) is 17.3 Å². The van der Waals surface area contributed by atoms with Gasteiger partial charge in [-0.25, -0.2) is 15.0 Å². The lowest BCUT2D eigenvalue weighted by atomic mass is 9.96. The molecule has 1 aliphatic rings. The first-order valence-electron chi connectivity index (χ1n) is 9.16. The summed E-state index contributed by atoms with van der Waals surface area (Å²) in [7, 11) is 0. The Kier molecular flexibility index (Phi) is 4.60. The SMILES string of the molecule is CCc1cc(N2CCC(c3n[nH]c(C)n3)CC2)nc(-c2ccccn2)n1. The van der Waals surface area contributed by atoms with Crippen molar-refractivity contribution in [3.63, 3.8) is 0 Å². The maximum absolute atomic E-state index is 4.79. The second-order valence-electron chi connectivity index (χ2n) is 6.65. The molecule has 134 valence electrons. The lowest BCUT2D eigenvalue weighted by Crippen LogP contribution is -2.34. The molecule has 0 atom stereocenters. The smallest absolute Gasteiger partial charge is 0.180 e. The Labute approximate surface area is 152 Å². The third kappa shape index (κ3) is 3.42. The normalized spacial score (nSPS) is 15.4. The van der Waals surface area contributed by atoms with Crippen molar-refractivity contribution in [3.8, 4) is 11.5 Å². The zero-order valence-corrected chi connectivity index (χ0v) is 15.2. The first-order valence-corrected chi connectivity index (χ1v) is 9.16. The summed E-state index contributed by atoms with van der Waals surface area (Å²) < 4.78 is 0. The van der Waals surface area contributed by atoms with Crippen LogP contribution in [0, 0.1) is 6.92 Å². The number of nitrogens with zero attached hydrogens (tertiary/aromatic N) is 6. The van der Waals surface area contributed by atoms with Gasteiger partial charge in [-0.15, -0.1) is 0 Å². The Morgan fingerprint density at radius 3 is 2.65 bits per heavy atom. The summed E-state index contributed by atoms with van der Waals surface area (Å²) in [5.74, 6) is 3.92. The van der Waals surface area contributed by atoms with Gasteiger partial charge in [-0.3, -0.25) is 10.1 Å². The van der Waals surface area contributed by atoms with Crippen molar-refractivity contribution >= 4 is 5.82 Å².